The van der Waals surface area contributed by atoms with Gasteiger partial charge in [-0.25, -0.2) is 9.97 Å². The van der Waals surface area contributed by atoms with Crippen molar-refractivity contribution in [3.05, 3.63) is 18.1 Å². The molecule has 1 aromatic heterocycles. The SMILES string of the molecule is COCCc1cc(NCCN)ncn1. The summed E-state index contributed by atoms with van der Waals surface area (Å²) < 4.78 is 4.97. The highest BCUT2D eigenvalue weighted by molar-refractivity contribution is 5.34. The van der Waals surface area contributed by atoms with Crippen LogP contribution < -0.4 is 11.1 Å². The second kappa shape index (κ2) is 6.28. The molecule has 0 unspecified atom stereocenters. The maximum atomic E-state index is 5.37. The zero-order chi connectivity index (χ0) is 10.2. The minimum atomic E-state index is 0.595. The van der Waals surface area contributed by atoms with Crippen LogP contribution in [0.3, 0.4) is 0 Å². The Bertz CT molecular complexity index is 243. The van der Waals surface area contributed by atoms with Crippen LogP contribution in [0.5, 0.6) is 0 Å². The lowest BCUT2D eigenvalue weighted by Crippen LogP contribution is -2.14. The van der Waals surface area contributed by atoms with Crippen molar-refractivity contribution in [3.8, 4) is 0 Å². The van der Waals surface area contributed by atoms with Crippen molar-refractivity contribution >= 4 is 5.82 Å². The molecule has 0 amide bonds. The summed E-state index contributed by atoms with van der Waals surface area (Å²) in [6, 6.07) is 1.91. The molecule has 0 aliphatic carbocycles. The van der Waals surface area contributed by atoms with Gasteiger partial charge in [0.15, 0.2) is 0 Å². The van der Waals surface area contributed by atoms with Crippen LogP contribution in [0.4, 0.5) is 5.82 Å². The fourth-order valence-corrected chi connectivity index (χ4v) is 1.04. The van der Waals surface area contributed by atoms with Crippen LogP contribution in [-0.4, -0.2) is 36.8 Å². The first kappa shape index (κ1) is 10.9. The van der Waals surface area contributed by atoms with Gasteiger partial charge in [0, 0.05) is 38.4 Å². The first-order valence-electron chi connectivity index (χ1n) is 4.60. The molecule has 0 spiro atoms. The molecule has 3 N–H and O–H groups in total. The highest BCUT2D eigenvalue weighted by Crippen LogP contribution is 2.03. The van der Waals surface area contributed by atoms with Crippen LogP contribution in [0.25, 0.3) is 0 Å². The fraction of sp³-hybridized carbons (Fsp3) is 0.556. The molecule has 0 atom stereocenters. The van der Waals surface area contributed by atoms with E-state index in [-0.39, 0.29) is 0 Å². The predicted molar refractivity (Wildman–Crippen MR) is 55.2 cm³/mol. The van der Waals surface area contributed by atoms with Crippen LogP contribution in [0.15, 0.2) is 12.4 Å². The Hall–Kier alpha value is -1.20. The van der Waals surface area contributed by atoms with E-state index in [1.54, 1.807) is 13.4 Å². The smallest absolute Gasteiger partial charge is 0.129 e. The quantitative estimate of drug-likeness (QED) is 0.672. The summed E-state index contributed by atoms with van der Waals surface area (Å²) in [5.41, 5.74) is 6.34. The third-order valence-electron chi connectivity index (χ3n) is 1.74. The lowest BCUT2D eigenvalue weighted by atomic mass is 10.3. The van der Waals surface area contributed by atoms with Gasteiger partial charge in [-0.2, -0.15) is 0 Å². The number of nitrogens with two attached hydrogens (primary N) is 1. The molecule has 0 saturated heterocycles. The molecule has 78 valence electrons. The van der Waals surface area contributed by atoms with Crippen molar-refractivity contribution < 1.29 is 4.74 Å². The van der Waals surface area contributed by atoms with Gasteiger partial charge in [-0.1, -0.05) is 0 Å². The lowest BCUT2D eigenvalue weighted by molar-refractivity contribution is 0.201. The molecule has 0 radical (unpaired) electrons. The number of nitrogens with one attached hydrogen (secondary N) is 1. The number of ether oxygens (including phenoxy) is 1. The van der Waals surface area contributed by atoms with Gasteiger partial charge in [0.2, 0.25) is 0 Å². The van der Waals surface area contributed by atoms with Gasteiger partial charge < -0.3 is 15.8 Å². The Kier molecular flexibility index (Phi) is 4.88. The average Bonchev–Trinajstić information content (AvgIpc) is 2.24. The maximum Gasteiger partial charge on any atom is 0.129 e. The van der Waals surface area contributed by atoms with E-state index in [1.807, 2.05) is 6.07 Å². The Labute approximate surface area is 83.7 Å². The van der Waals surface area contributed by atoms with Crippen molar-refractivity contribution in [3.63, 3.8) is 0 Å². The first-order valence-corrected chi connectivity index (χ1v) is 4.60. The minimum absolute atomic E-state index is 0.595. The van der Waals surface area contributed by atoms with Gasteiger partial charge in [-0.3, -0.25) is 0 Å². The van der Waals surface area contributed by atoms with Crippen LogP contribution in [0, 0.1) is 0 Å². The van der Waals surface area contributed by atoms with E-state index in [1.165, 1.54) is 0 Å². The molecule has 0 aliphatic heterocycles. The van der Waals surface area contributed by atoms with Gasteiger partial charge >= 0.3 is 0 Å². The molecule has 0 bridgehead atoms. The van der Waals surface area contributed by atoms with Crippen LogP contribution in [0.1, 0.15) is 5.69 Å². The molecule has 5 nitrogen and oxygen atoms in total. The van der Waals surface area contributed by atoms with Crippen molar-refractivity contribution in [2.24, 2.45) is 5.73 Å². The summed E-state index contributed by atoms with van der Waals surface area (Å²) in [7, 11) is 1.68. The standard InChI is InChI=1S/C9H16N4O/c1-14-5-2-8-6-9(11-4-3-10)13-7-12-8/h6-7H,2-5,10H2,1H3,(H,11,12,13). The molecule has 1 rings (SSSR count). The number of hydrogen-bond acceptors (Lipinski definition) is 5. The molecule has 0 saturated carbocycles. The topological polar surface area (TPSA) is 73.1 Å². The summed E-state index contributed by atoms with van der Waals surface area (Å²) in [4.78, 5) is 8.19. The van der Waals surface area contributed by atoms with Gasteiger partial charge in [-0.15, -0.1) is 0 Å². The van der Waals surface area contributed by atoms with E-state index in [0.29, 0.717) is 13.2 Å². The minimum Gasteiger partial charge on any atom is -0.384 e. The maximum absolute atomic E-state index is 5.37. The molecular weight excluding hydrogens is 180 g/mol. The summed E-state index contributed by atoms with van der Waals surface area (Å²) in [5.74, 6) is 0.816. The number of nitrogens with zero attached hydrogens (tertiary/aromatic N) is 2. The van der Waals surface area contributed by atoms with Gasteiger partial charge in [0.1, 0.15) is 12.1 Å². The summed E-state index contributed by atoms with van der Waals surface area (Å²) in [6.07, 6.45) is 2.35. The monoisotopic (exact) mass is 196 g/mol. The Morgan fingerprint density at radius 2 is 2.36 bits per heavy atom. The van der Waals surface area contributed by atoms with Crippen LogP contribution in [-0.2, 0) is 11.2 Å². The molecular formula is C9H16N4O. The van der Waals surface area contributed by atoms with E-state index in [9.17, 15) is 0 Å². The van der Waals surface area contributed by atoms with E-state index < -0.39 is 0 Å². The van der Waals surface area contributed by atoms with E-state index in [4.69, 9.17) is 10.5 Å². The Morgan fingerprint density at radius 1 is 1.50 bits per heavy atom. The third-order valence-corrected chi connectivity index (χ3v) is 1.74. The molecule has 1 aromatic rings. The molecule has 1 heterocycles. The predicted octanol–water partition coefficient (Wildman–Crippen LogP) is 0.0361. The molecule has 0 fully saturated rings. The van der Waals surface area contributed by atoms with E-state index in [2.05, 4.69) is 15.3 Å². The molecule has 0 aliphatic rings. The van der Waals surface area contributed by atoms with Crippen molar-refractivity contribution in [2.45, 2.75) is 6.42 Å². The largest absolute Gasteiger partial charge is 0.384 e. The number of rotatable bonds is 6. The summed E-state index contributed by atoms with van der Waals surface area (Å²) >= 11 is 0. The normalized spacial score (nSPS) is 10.1. The molecule has 0 aromatic carbocycles. The fourth-order valence-electron chi connectivity index (χ4n) is 1.04. The highest BCUT2D eigenvalue weighted by atomic mass is 16.5. The third kappa shape index (κ3) is 3.68. The second-order valence-corrected chi connectivity index (χ2v) is 2.85. The number of aromatic nitrogens is 2. The van der Waals surface area contributed by atoms with E-state index >= 15 is 0 Å². The molecule has 5 heteroatoms. The van der Waals surface area contributed by atoms with Crippen LogP contribution in [0.2, 0.25) is 0 Å². The highest BCUT2D eigenvalue weighted by Gasteiger charge is 1.97. The van der Waals surface area contributed by atoms with Gasteiger partial charge in [-0.05, 0) is 0 Å². The Balaban J connectivity index is 2.50. The zero-order valence-corrected chi connectivity index (χ0v) is 8.36. The second-order valence-electron chi connectivity index (χ2n) is 2.85. The summed E-state index contributed by atoms with van der Waals surface area (Å²) in [6.45, 7) is 1.99. The van der Waals surface area contributed by atoms with Crippen molar-refractivity contribution in [1.82, 2.24) is 9.97 Å². The number of anilines is 1. The van der Waals surface area contributed by atoms with Gasteiger partial charge in [0.05, 0.1) is 6.61 Å². The van der Waals surface area contributed by atoms with Crippen LogP contribution >= 0.6 is 0 Å². The van der Waals surface area contributed by atoms with Crippen molar-refractivity contribution in [2.75, 3.05) is 32.1 Å². The Morgan fingerprint density at radius 3 is 3.07 bits per heavy atom. The first-order chi connectivity index (χ1) is 6.86. The number of methoxy groups -OCH3 is 1. The van der Waals surface area contributed by atoms with Gasteiger partial charge in [0.25, 0.3) is 0 Å². The van der Waals surface area contributed by atoms with E-state index in [0.717, 1.165) is 24.5 Å². The lowest BCUT2D eigenvalue weighted by Gasteiger charge is -2.04. The average molecular weight is 196 g/mol. The molecule has 14 heavy (non-hydrogen) atoms. The number of hydrogen-bond donors (Lipinski definition) is 2. The zero-order valence-electron chi connectivity index (χ0n) is 8.36. The van der Waals surface area contributed by atoms with Crippen molar-refractivity contribution in [1.29, 1.82) is 0 Å². The summed E-state index contributed by atoms with van der Waals surface area (Å²) in [5, 5.41) is 3.09.